The van der Waals surface area contributed by atoms with Crippen LogP contribution in [-0.2, 0) is 0 Å². The molecular formula is C19H13NO. The number of hydrogen-bond donors (Lipinski definition) is 1. The van der Waals surface area contributed by atoms with Gasteiger partial charge < -0.3 is 5.73 Å². The second kappa shape index (κ2) is 5.52. The Labute approximate surface area is 123 Å². The number of amides is 1. The number of benzene rings is 3. The third-order valence-electron chi connectivity index (χ3n) is 3.28. The van der Waals surface area contributed by atoms with E-state index in [0.29, 0.717) is 11.1 Å². The summed E-state index contributed by atoms with van der Waals surface area (Å²) >= 11 is 0. The van der Waals surface area contributed by atoms with Crippen LogP contribution < -0.4 is 5.73 Å². The van der Waals surface area contributed by atoms with E-state index in [9.17, 15) is 4.79 Å². The van der Waals surface area contributed by atoms with Crippen LogP contribution in [0.3, 0.4) is 0 Å². The summed E-state index contributed by atoms with van der Waals surface area (Å²) in [5.41, 5.74) is 7.36. The lowest BCUT2D eigenvalue weighted by Crippen LogP contribution is -2.12. The van der Waals surface area contributed by atoms with Crippen LogP contribution in [0.5, 0.6) is 0 Å². The molecule has 0 aliphatic heterocycles. The van der Waals surface area contributed by atoms with Gasteiger partial charge in [0.05, 0.1) is 5.56 Å². The van der Waals surface area contributed by atoms with Crippen LogP contribution in [0.2, 0.25) is 0 Å². The van der Waals surface area contributed by atoms with Crippen LogP contribution in [0.15, 0.2) is 66.7 Å². The van der Waals surface area contributed by atoms with Crippen molar-refractivity contribution >= 4 is 16.7 Å². The molecule has 0 aromatic heterocycles. The Hall–Kier alpha value is -3.05. The Morgan fingerprint density at radius 2 is 1.52 bits per heavy atom. The fourth-order valence-electron chi connectivity index (χ4n) is 2.21. The minimum Gasteiger partial charge on any atom is -0.366 e. The van der Waals surface area contributed by atoms with Gasteiger partial charge in [-0.05, 0) is 35.0 Å². The van der Waals surface area contributed by atoms with E-state index < -0.39 is 5.91 Å². The van der Waals surface area contributed by atoms with Gasteiger partial charge in [-0.1, -0.05) is 54.3 Å². The van der Waals surface area contributed by atoms with Crippen molar-refractivity contribution in [2.75, 3.05) is 0 Å². The minimum atomic E-state index is -0.460. The van der Waals surface area contributed by atoms with E-state index in [1.807, 2.05) is 36.4 Å². The number of fused-ring (bicyclic) bond motifs is 1. The zero-order valence-corrected chi connectivity index (χ0v) is 11.3. The van der Waals surface area contributed by atoms with Gasteiger partial charge in [0.25, 0.3) is 0 Å². The fourth-order valence-corrected chi connectivity index (χ4v) is 2.21. The van der Waals surface area contributed by atoms with E-state index in [1.54, 1.807) is 18.2 Å². The fraction of sp³-hybridized carbons (Fsp3) is 0. The van der Waals surface area contributed by atoms with Gasteiger partial charge in [0.15, 0.2) is 0 Å². The van der Waals surface area contributed by atoms with Crippen LogP contribution in [0.4, 0.5) is 0 Å². The Morgan fingerprint density at radius 1 is 0.810 bits per heavy atom. The number of carbonyl (C=O) groups is 1. The van der Waals surface area contributed by atoms with Crippen LogP contribution in [-0.4, -0.2) is 5.91 Å². The maximum atomic E-state index is 11.4. The summed E-state index contributed by atoms with van der Waals surface area (Å²) in [5.74, 6) is 5.66. The highest BCUT2D eigenvalue weighted by atomic mass is 16.1. The molecular weight excluding hydrogens is 258 g/mol. The van der Waals surface area contributed by atoms with E-state index in [-0.39, 0.29) is 0 Å². The maximum Gasteiger partial charge on any atom is 0.249 e. The number of rotatable bonds is 1. The highest BCUT2D eigenvalue weighted by Gasteiger charge is 2.04. The van der Waals surface area contributed by atoms with Crippen molar-refractivity contribution in [2.24, 2.45) is 5.73 Å². The summed E-state index contributed by atoms with van der Waals surface area (Å²) in [6.07, 6.45) is 0. The summed E-state index contributed by atoms with van der Waals surface area (Å²) in [6.45, 7) is 0. The van der Waals surface area contributed by atoms with Gasteiger partial charge in [-0.2, -0.15) is 0 Å². The second-order valence-corrected chi connectivity index (χ2v) is 4.72. The molecule has 0 saturated carbocycles. The molecule has 3 aromatic carbocycles. The molecule has 2 heteroatoms. The first kappa shape index (κ1) is 13.0. The number of primary amides is 1. The molecule has 0 bridgehead atoms. The zero-order chi connectivity index (χ0) is 14.7. The molecule has 3 rings (SSSR count). The van der Waals surface area contributed by atoms with Gasteiger partial charge in [-0.15, -0.1) is 0 Å². The van der Waals surface area contributed by atoms with Crippen molar-refractivity contribution in [1.29, 1.82) is 0 Å². The van der Waals surface area contributed by atoms with E-state index in [2.05, 4.69) is 24.0 Å². The molecule has 0 aliphatic carbocycles. The van der Waals surface area contributed by atoms with Gasteiger partial charge >= 0.3 is 0 Å². The van der Waals surface area contributed by atoms with Gasteiger partial charge in [-0.25, -0.2) is 0 Å². The predicted molar refractivity (Wildman–Crippen MR) is 84.9 cm³/mol. The summed E-state index contributed by atoms with van der Waals surface area (Å²) < 4.78 is 0. The molecule has 2 N–H and O–H groups in total. The normalized spacial score (nSPS) is 9.90. The van der Waals surface area contributed by atoms with Crippen LogP contribution in [0, 0.1) is 11.8 Å². The largest absolute Gasteiger partial charge is 0.366 e. The first-order chi connectivity index (χ1) is 10.2. The second-order valence-electron chi connectivity index (χ2n) is 4.72. The minimum absolute atomic E-state index is 0.450. The molecule has 0 heterocycles. The molecule has 21 heavy (non-hydrogen) atoms. The molecule has 2 nitrogen and oxygen atoms in total. The van der Waals surface area contributed by atoms with Crippen LogP contribution in [0.25, 0.3) is 10.8 Å². The highest BCUT2D eigenvalue weighted by Crippen LogP contribution is 2.15. The SMILES string of the molecule is NC(=O)c1ccccc1C#Cc1ccc2ccccc2c1. The molecule has 0 fully saturated rings. The number of hydrogen-bond acceptors (Lipinski definition) is 1. The molecule has 0 unspecified atom stereocenters. The summed E-state index contributed by atoms with van der Waals surface area (Å²) in [5, 5.41) is 2.33. The summed E-state index contributed by atoms with van der Waals surface area (Å²) in [4.78, 5) is 11.4. The van der Waals surface area contributed by atoms with Crippen molar-refractivity contribution in [2.45, 2.75) is 0 Å². The summed E-state index contributed by atoms with van der Waals surface area (Å²) in [6, 6.07) is 21.3. The van der Waals surface area contributed by atoms with E-state index in [0.717, 1.165) is 10.9 Å². The molecule has 3 aromatic rings. The first-order valence-corrected chi connectivity index (χ1v) is 6.64. The smallest absolute Gasteiger partial charge is 0.249 e. The highest BCUT2D eigenvalue weighted by molar-refractivity contribution is 5.95. The quantitative estimate of drug-likeness (QED) is 0.678. The molecule has 0 saturated heterocycles. The van der Waals surface area contributed by atoms with Gasteiger partial charge in [-0.3, -0.25) is 4.79 Å². The monoisotopic (exact) mass is 271 g/mol. The zero-order valence-electron chi connectivity index (χ0n) is 11.3. The van der Waals surface area contributed by atoms with Crippen molar-refractivity contribution < 1.29 is 4.79 Å². The van der Waals surface area contributed by atoms with Crippen molar-refractivity contribution in [3.05, 3.63) is 83.4 Å². The predicted octanol–water partition coefficient (Wildman–Crippen LogP) is 3.34. The van der Waals surface area contributed by atoms with Gasteiger partial charge in [0.1, 0.15) is 0 Å². The maximum absolute atomic E-state index is 11.4. The van der Waals surface area contributed by atoms with Crippen molar-refractivity contribution in [3.8, 4) is 11.8 Å². The molecule has 0 spiro atoms. The molecule has 0 atom stereocenters. The van der Waals surface area contributed by atoms with Crippen molar-refractivity contribution in [3.63, 3.8) is 0 Å². The van der Waals surface area contributed by atoms with Gasteiger partial charge in [0.2, 0.25) is 5.91 Å². The Morgan fingerprint density at radius 3 is 2.33 bits per heavy atom. The first-order valence-electron chi connectivity index (χ1n) is 6.64. The van der Waals surface area contributed by atoms with Crippen LogP contribution >= 0.6 is 0 Å². The average Bonchev–Trinajstić information content (AvgIpc) is 2.53. The Bertz CT molecular complexity index is 884. The molecule has 0 aliphatic rings. The van der Waals surface area contributed by atoms with Crippen LogP contribution in [0.1, 0.15) is 21.5 Å². The number of carbonyl (C=O) groups excluding carboxylic acids is 1. The van der Waals surface area contributed by atoms with E-state index in [4.69, 9.17) is 5.73 Å². The lowest BCUT2D eigenvalue weighted by atomic mass is 10.1. The molecule has 1 amide bonds. The Kier molecular flexibility index (Phi) is 3.41. The summed E-state index contributed by atoms with van der Waals surface area (Å²) in [7, 11) is 0. The lowest BCUT2D eigenvalue weighted by molar-refractivity contribution is 0.1000. The van der Waals surface area contributed by atoms with Crippen molar-refractivity contribution in [1.82, 2.24) is 0 Å². The standard InChI is InChI=1S/C19H13NO/c20-19(21)18-8-4-3-6-16(18)12-10-14-9-11-15-5-1-2-7-17(15)13-14/h1-9,11,13H,(H2,20,21). The average molecular weight is 271 g/mol. The molecule has 100 valence electrons. The van der Waals surface area contributed by atoms with E-state index in [1.165, 1.54) is 5.39 Å². The number of nitrogens with two attached hydrogens (primary N) is 1. The van der Waals surface area contributed by atoms with Gasteiger partial charge in [0, 0.05) is 11.1 Å². The topological polar surface area (TPSA) is 43.1 Å². The third-order valence-corrected chi connectivity index (χ3v) is 3.28. The van der Waals surface area contributed by atoms with E-state index >= 15 is 0 Å². The third kappa shape index (κ3) is 2.77. The Balaban J connectivity index is 2.02. The molecule has 0 radical (unpaired) electrons. The lowest BCUT2D eigenvalue weighted by Gasteiger charge is -1.99.